The lowest BCUT2D eigenvalue weighted by Crippen LogP contribution is -2.27. The van der Waals surface area contributed by atoms with Crippen LogP contribution in [0.1, 0.15) is 25.5 Å². The molecule has 0 saturated heterocycles. The number of anilines is 1. The number of rotatable bonds is 6. The van der Waals surface area contributed by atoms with E-state index in [2.05, 4.69) is 15.9 Å². The Morgan fingerprint density at radius 1 is 1.20 bits per heavy atom. The molecule has 1 unspecified atom stereocenters. The van der Waals surface area contributed by atoms with Crippen molar-refractivity contribution in [2.75, 3.05) is 17.5 Å². The summed E-state index contributed by atoms with van der Waals surface area (Å²) in [6.45, 7) is 4.48. The Morgan fingerprint density at radius 3 is 2.10 bits per heavy atom. The molecular weight excluding hydrogens is 282 g/mol. The van der Waals surface area contributed by atoms with Crippen molar-refractivity contribution in [2.24, 2.45) is 5.90 Å². The van der Waals surface area contributed by atoms with Crippen molar-refractivity contribution in [1.29, 1.82) is 0 Å². The largest absolute Gasteiger partial charge is 0.387 e. The maximum absolute atomic E-state index is 11.0. The molecule has 6 N–H and O–H groups in total. The average Bonchev–Trinajstić information content (AvgIpc) is 2.37. The molecule has 1 aromatic rings. The molecule has 20 heavy (non-hydrogen) atoms. The molecule has 0 spiro atoms. The minimum absolute atomic E-state index is 0.311. The highest BCUT2D eigenvalue weighted by Gasteiger charge is 2.08. The molecule has 0 amide bonds. The molecule has 1 aromatic carbocycles. The fourth-order valence-corrected chi connectivity index (χ4v) is 2.02. The van der Waals surface area contributed by atoms with Crippen LogP contribution in [0.2, 0.25) is 0 Å². The van der Waals surface area contributed by atoms with Gasteiger partial charge in [0.05, 0.1) is 12.4 Å². The van der Waals surface area contributed by atoms with Crippen LogP contribution in [0.15, 0.2) is 24.3 Å². The van der Waals surface area contributed by atoms with Gasteiger partial charge in [-0.25, -0.2) is 14.3 Å². The third kappa shape index (κ3) is 8.08. The van der Waals surface area contributed by atoms with Crippen LogP contribution < -0.4 is 15.9 Å². The zero-order valence-electron chi connectivity index (χ0n) is 11.9. The van der Waals surface area contributed by atoms with E-state index in [1.165, 1.54) is 0 Å². The lowest BCUT2D eigenvalue weighted by Gasteiger charge is -2.14. The van der Waals surface area contributed by atoms with E-state index in [1.807, 2.05) is 13.8 Å². The molecule has 1 atom stereocenters. The van der Waals surface area contributed by atoms with Gasteiger partial charge in [-0.1, -0.05) is 26.0 Å². The van der Waals surface area contributed by atoms with E-state index in [0.717, 1.165) is 11.8 Å². The van der Waals surface area contributed by atoms with Crippen LogP contribution in [-0.4, -0.2) is 37.6 Å². The van der Waals surface area contributed by atoms with E-state index in [1.54, 1.807) is 24.3 Å². The zero-order chi connectivity index (χ0) is 15.8. The molecule has 0 saturated carbocycles. The first kappa shape index (κ1) is 18.8. The third-order valence-corrected chi connectivity index (χ3v) is 2.92. The van der Waals surface area contributed by atoms with Crippen molar-refractivity contribution >= 4 is 15.7 Å². The van der Waals surface area contributed by atoms with Gasteiger partial charge in [0.1, 0.15) is 0 Å². The molecule has 0 aliphatic heterocycles. The van der Waals surface area contributed by atoms with Gasteiger partial charge < -0.3 is 15.6 Å². The Hall–Kier alpha value is -1.19. The summed E-state index contributed by atoms with van der Waals surface area (Å²) in [5.41, 5.74) is 1.24. The maximum Gasteiger partial charge on any atom is 0.229 e. The number of benzene rings is 1. The second-order valence-electron chi connectivity index (χ2n) is 4.57. The van der Waals surface area contributed by atoms with E-state index < -0.39 is 16.1 Å². The molecule has 0 aromatic heterocycles. The highest BCUT2D eigenvalue weighted by atomic mass is 32.2. The maximum atomic E-state index is 11.0. The van der Waals surface area contributed by atoms with Crippen LogP contribution in [-0.2, 0) is 10.0 Å². The standard InChI is InChI=1S/C12H20N2O3S.H3NO/c1-9(2)13-8-12(15)10-4-6-11(7-5-10)14-18(3,16)17;1-2/h4-7,9,12-15H,8H2,1-3H3;2H,1H2. The third-order valence-electron chi connectivity index (χ3n) is 2.32. The van der Waals surface area contributed by atoms with Crippen molar-refractivity contribution in [2.45, 2.75) is 26.0 Å². The summed E-state index contributed by atoms with van der Waals surface area (Å²) in [7, 11) is -3.26. The summed E-state index contributed by atoms with van der Waals surface area (Å²) >= 11 is 0. The van der Waals surface area contributed by atoms with E-state index in [0.29, 0.717) is 18.3 Å². The van der Waals surface area contributed by atoms with Gasteiger partial charge in [0, 0.05) is 18.3 Å². The molecule has 7 nitrogen and oxygen atoms in total. The molecule has 116 valence electrons. The predicted molar refractivity (Wildman–Crippen MR) is 79.0 cm³/mol. The first-order valence-electron chi connectivity index (χ1n) is 6.03. The lowest BCUT2D eigenvalue weighted by molar-refractivity contribution is 0.171. The van der Waals surface area contributed by atoms with Crippen LogP contribution in [0.25, 0.3) is 0 Å². The van der Waals surface area contributed by atoms with Crippen molar-refractivity contribution in [1.82, 2.24) is 5.32 Å². The Morgan fingerprint density at radius 2 is 1.70 bits per heavy atom. The molecule has 0 heterocycles. The van der Waals surface area contributed by atoms with Gasteiger partial charge in [-0.2, -0.15) is 0 Å². The summed E-state index contributed by atoms with van der Waals surface area (Å²) in [5, 5.41) is 19.5. The highest BCUT2D eigenvalue weighted by molar-refractivity contribution is 7.92. The summed E-state index contributed by atoms with van der Waals surface area (Å²) in [5.74, 6) is 3.50. The van der Waals surface area contributed by atoms with E-state index in [4.69, 9.17) is 5.21 Å². The topological polar surface area (TPSA) is 125 Å². The Balaban J connectivity index is 0.00000172. The molecule has 0 fully saturated rings. The predicted octanol–water partition coefficient (Wildman–Crippen LogP) is 0.424. The summed E-state index contributed by atoms with van der Waals surface area (Å²) < 4.78 is 24.4. The number of hydrogen-bond donors (Lipinski definition) is 5. The molecular formula is C12H23N3O4S. The van der Waals surface area contributed by atoms with Crippen LogP contribution >= 0.6 is 0 Å². The molecule has 0 aliphatic carbocycles. The Kier molecular flexibility index (Phi) is 8.35. The molecule has 1 rings (SSSR count). The minimum Gasteiger partial charge on any atom is -0.387 e. The quantitative estimate of drug-likeness (QED) is 0.485. The summed E-state index contributed by atoms with van der Waals surface area (Å²) in [6.07, 6.45) is 0.502. The van der Waals surface area contributed by atoms with E-state index >= 15 is 0 Å². The number of aliphatic hydroxyl groups is 1. The normalized spacial score (nSPS) is 12.6. The number of nitrogens with one attached hydrogen (secondary N) is 2. The second-order valence-corrected chi connectivity index (χ2v) is 6.32. The second kappa shape index (κ2) is 8.88. The molecule has 8 heteroatoms. The SMILES string of the molecule is CC(C)NCC(O)c1ccc(NS(C)(=O)=O)cc1.NO. The van der Waals surface area contributed by atoms with Crippen molar-refractivity contribution in [3.63, 3.8) is 0 Å². The number of nitrogens with two attached hydrogens (primary N) is 1. The lowest BCUT2D eigenvalue weighted by atomic mass is 10.1. The van der Waals surface area contributed by atoms with Crippen LogP contribution in [0.4, 0.5) is 5.69 Å². The number of sulfonamides is 1. The highest BCUT2D eigenvalue weighted by Crippen LogP contribution is 2.16. The molecule has 0 aliphatic rings. The van der Waals surface area contributed by atoms with Gasteiger partial charge >= 0.3 is 0 Å². The first-order chi connectivity index (χ1) is 9.28. The van der Waals surface area contributed by atoms with E-state index in [-0.39, 0.29) is 0 Å². The summed E-state index contributed by atoms with van der Waals surface area (Å²) in [4.78, 5) is 0. The fraction of sp³-hybridized carbons (Fsp3) is 0.500. The fourth-order valence-electron chi connectivity index (χ4n) is 1.45. The van der Waals surface area contributed by atoms with Crippen molar-refractivity contribution in [3.8, 4) is 0 Å². The average molecular weight is 305 g/mol. The molecule has 0 bridgehead atoms. The van der Waals surface area contributed by atoms with Gasteiger partial charge in [0.15, 0.2) is 0 Å². The van der Waals surface area contributed by atoms with Gasteiger partial charge in [0.25, 0.3) is 0 Å². The van der Waals surface area contributed by atoms with Crippen LogP contribution in [0.3, 0.4) is 0 Å². The van der Waals surface area contributed by atoms with Crippen molar-refractivity contribution in [3.05, 3.63) is 29.8 Å². The van der Waals surface area contributed by atoms with Gasteiger partial charge in [0.2, 0.25) is 10.0 Å². The monoisotopic (exact) mass is 305 g/mol. The van der Waals surface area contributed by atoms with Gasteiger partial charge in [-0.3, -0.25) is 4.72 Å². The van der Waals surface area contributed by atoms with Crippen molar-refractivity contribution < 1.29 is 18.7 Å². The van der Waals surface area contributed by atoms with Gasteiger partial charge in [-0.05, 0) is 17.7 Å². The Bertz CT molecular complexity index is 474. The zero-order valence-corrected chi connectivity index (χ0v) is 12.7. The Labute approximate surface area is 119 Å². The van der Waals surface area contributed by atoms with Gasteiger partial charge in [-0.15, -0.1) is 0 Å². The number of aliphatic hydroxyl groups excluding tert-OH is 1. The van der Waals surface area contributed by atoms with Crippen LogP contribution in [0.5, 0.6) is 0 Å². The summed E-state index contributed by atoms with van der Waals surface area (Å²) in [6, 6.07) is 7.00. The van der Waals surface area contributed by atoms with Crippen LogP contribution in [0, 0.1) is 0 Å². The smallest absolute Gasteiger partial charge is 0.229 e. The first-order valence-corrected chi connectivity index (χ1v) is 7.92. The van der Waals surface area contributed by atoms with E-state index in [9.17, 15) is 13.5 Å². The molecule has 0 radical (unpaired) electrons. The minimum atomic E-state index is -3.26. The number of hydrogen-bond acceptors (Lipinski definition) is 6.